The number of ether oxygens (including phenoxy) is 1. The van der Waals surface area contributed by atoms with Gasteiger partial charge in [-0.15, -0.1) is 0 Å². The summed E-state index contributed by atoms with van der Waals surface area (Å²) in [4.78, 5) is 2.33. The Morgan fingerprint density at radius 3 is 2.65 bits per heavy atom. The standard InChI is InChI=1S/C14H24N2O/c1-12(2)16(3)10-9-15-11-13-7-5-6-8-14(13)17-4/h5-8,12,15H,9-11H2,1-4H3. The zero-order valence-electron chi connectivity index (χ0n) is 11.4. The minimum atomic E-state index is 0.600. The second-order valence-corrected chi connectivity index (χ2v) is 4.56. The summed E-state index contributed by atoms with van der Waals surface area (Å²) in [6.45, 7) is 7.33. The molecule has 0 amide bonds. The van der Waals surface area contributed by atoms with E-state index < -0.39 is 0 Å². The van der Waals surface area contributed by atoms with E-state index in [0.717, 1.165) is 25.4 Å². The van der Waals surface area contributed by atoms with Crippen molar-refractivity contribution in [2.45, 2.75) is 26.4 Å². The summed E-state index contributed by atoms with van der Waals surface area (Å²) in [7, 11) is 3.86. The lowest BCUT2D eigenvalue weighted by atomic mass is 10.2. The van der Waals surface area contributed by atoms with E-state index in [4.69, 9.17) is 4.74 Å². The van der Waals surface area contributed by atoms with Crippen LogP contribution in [0.5, 0.6) is 5.75 Å². The van der Waals surface area contributed by atoms with Crippen LogP contribution in [0.15, 0.2) is 24.3 Å². The molecule has 0 radical (unpaired) electrons. The fourth-order valence-electron chi connectivity index (χ4n) is 1.59. The van der Waals surface area contributed by atoms with Gasteiger partial charge in [0, 0.05) is 31.2 Å². The average molecular weight is 236 g/mol. The summed E-state index contributed by atoms with van der Waals surface area (Å²) >= 11 is 0. The van der Waals surface area contributed by atoms with Crippen LogP contribution in [0.1, 0.15) is 19.4 Å². The van der Waals surface area contributed by atoms with Gasteiger partial charge in [-0.1, -0.05) is 18.2 Å². The zero-order valence-corrected chi connectivity index (χ0v) is 11.4. The highest BCUT2D eigenvalue weighted by molar-refractivity contribution is 5.32. The van der Waals surface area contributed by atoms with Gasteiger partial charge in [-0.05, 0) is 27.0 Å². The predicted molar refractivity (Wildman–Crippen MR) is 72.5 cm³/mol. The van der Waals surface area contributed by atoms with Crippen molar-refractivity contribution in [3.63, 3.8) is 0 Å². The molecule has 0 aliphatic rings. The van der Waals surface area contributed by atoms with E-state index in [2.05, 4.69) is 37.2 Å². The van der Waals surface area contributed by atoms with Gasteiger partial charge in [-0.3, -0.25) is 0 Å². The van der Waals surface area contributed by atoms with Crippen LogP contribution in [0.2, 0.25) is 0 Å². The monoisotopic (exact) mass is 236 g/mol. The molecule has 0 fully saturated rings. The molecular formula is C14H24N2O. The van der Waals surface area contributed by atoms with Crippen molar-refractivity contribution >= 4 is 0 Å². The number of nitrogens with one attached hydrogen (secondary N) is 1. The third-order valence-electron chi connectivity index (χ3n) is 3.03. The van der Waals surface area contributed by atoms with Gasteiger partial charge in [0.25, 0.3) is 0 Å². The van der Waals surface area contributed by atoms with Crippen LogP contribution >= 0.6 is 0 Å². The van der Waals surface area contributed by atoms with Gasteiger partial charge in [0.1, 0.15) is 5.75 Å². The van der Waals surface area contributed by atoms with Crippen LogP contribution in [0.3, 0.4) is 0 Å². The zero-order chi connectivity index (χ0) is 12.7. The quantitative estimate of drug-likeness (QED) is 0.734. The largest absolute Gasteiger partial charge is 0.496 e. The number of hydrogen-bond donors (Lipinski definition) is 1. The normalized spacial score (nSPS) is 11.2. The van der Waals surface area contributed by atoms with Gasteiger partial charge >= 0.3 is 0 Å². The molecule has 1 rings (SSSR count). The molecule has 0 spiro atoms. The second-order valence-electron chi connectivity index (χ2n) is 4.56. The van der Waals surface area contributed by atoms with Crippen LogP contribution in [-0.4, -0.2) is 38.2 Å². The van der Waals surface area contributed by atoms with E-state index in [1.54, 1.807) is 7.11 Å². The number of methoxy groups -OCH3 is 1. The molecular weight excluding hydrogens is 212 g/mol. The van der Waals surface area contributed by atoms with E-state index in [9.17, 15) is 0 Å². The summed E-state index contributed by atoms with van der Waals surface area (Å²) in [6, 6.07) is 8.73. The number of para-hydroxylation sites is 1. The molecule has 1 aromatic rings. The molecule has 0 atom stereocenters. The van der Waals surface area contributed by atoms with Crippen LogP contribution < -0.4 is 10.1 Å². The smallest absolute Gasteiger partial charge is 0.123 e. The van der Waals surface area contributed by atoms with Crippen LogP contribution in [0.25, 0.3) is 0 Å². The van der Waals surface area contributed by atoms with Gasteiger partial charge in [-0.25, -0.2) is 0 Å². The van der Waals surface area contributed by atoms with E-state index in [1.165, 1.54) is 5.56 Å². The maximum absolute atomic E-state index is 5.31. The van der Waals surface area contributed by atoms with E-state index >= 15 is 0 Å². The van der Waals surface area contributed by atoms with Gasteiger partial charge in [0.2, 0.25) is 0 Å². The van der Waals surface area contributed by atoms with Crippen molar-refractivity contribution < 1.29 is 4.74 Å². The average Bonchev–Trinajstić information content (AvgIpc) is 2.34. The molecule has 0 unspecified atom stereocenters. The van der Waals surface area contributed by atoms with Crippen molar-refractivity contribution in [2.24, 2.45) is 0 Å². The van der Waals surface area contributed by atoms with Crippen molar-refractivity contribution in [1.29, 1.82) is 0 Å². The van der Waals surface area contributed by atoms with Crippen molar-refractivity contribution in [1.82, 2.24) is 10.2 Å². The van der Waals surface area contributed by atoms with Crippen LogP contribution in [-0.2, 0) is 6.54 Å². The molecule has 1 N–H and O–H groups in total. The van der Waals surface area contributed by atoms with E-state index in [-0.39, 0.29) is 0 Å². The number of hydrogen-bond acceptors (Lipinski definition) is 3. The predicted octanol–water partition coefficient (Wildman–Crippen LogP) is 2.12. The lowest BCUT2D eigenvalue weighted by Gasteiger charge is -2.21. The molecule has 17 heavy (non-hydrogen) atoms. The third kappa shape index (κ3) is 4.75. The van der Waals surface area contributed by atoms with Crippen molar-refractivity contribution in [3.8, 4) is 5.75 Å². The molecule has 3 nitrogen and oxygen atoms in total. The summed E-state index contributed by atoms with van der Waals surface area (Å²) in [5, 5.41) is 3.44. The molecule has 0 aliphatic carbocycles. The fourth-order valence-corrected chi connectivity index (χ4v) is 1.59. The van der Waals surface area contributed by atoms with Gasteiger partial charge in [0.15, 0.2) is 0 Å². The highest BCUT2D eigenvalue weighted by Crippen LogP contribution is 2.16. The first-order chi connectivity index (χ1) is 8.15. The SMILES string of the molecule is COc1ccccc1CNCCN(C)C(C)C. The molecule has 0 saturated heterocycles. The van der Waals surface area contributed by atoms with Crippen LogP contribution in [0.4, 0.5) is 0 Å². The number of likely N-dealkylation sites (N-methyl/N-ethyl adjacent to an activating group) is 1. The number of rotatable bonds is 7. The molecule has 0 bridgehead atoms. The lowest BCUT2D eigenvalue weighted by molar-refractivity contribution is 0.273. The maximum atomic E-state index is 5.31. The first-order valence-electron chi connectivity index (χ1n) is 6.18. The second kappa shape index (κ2) is 7.30. The lowest BCUT2D eigenvalue weighted by Crippen LogP contribution is -2.33. The molecule has 0 aromatic heterocycles. The molecule has 0 saturated carbocycles. The fraction of sp³-hybridized carbons (Fsp3) is 0.571. The Balaban J connectivity index is 2.31. The molecule has 0 aliphatic heterocycles. The van der Waals surface area contributed by atoms with Gasteiger partial charge < -0.3 is 15.0 Å². The molecule has 96 valence electrons. The Kier molecular flexibility index (Phi) is 6.01. The maximum Gasteiger partial charge on any atom is 0.123 e. The Bertz CT molecular complexity index is 326. The number of nitrogens with zero attached hydrogens (tertiary/aromatic N) is 1. The third-order valence-corrected chi connectivity index (χ3v) is 3.03. The Hall–Kier alpha value is -1.06. The van der Waals surface area contributed by atoms with Crippen LogP contribution in [0, 0.1) is 0 Å². The first kappa shape index (κ1) is 14.0. The van der Waals surface area contributed by atoms with Crippen molar-refractivity contribution in [3.05, 3.63) is 29.8 Å². The number of benzene rings is 1. The Morgan fingerprint density at radius 2 is 2.00 bits per heavy atom. The molecule has 1 aromatic carbocycles. The summed E-state index contributed by atoms with van der Waals surface area (Å²) < 4.78 is 5.31. The minimum absolute atomic E-state index is 0.600. The Morgan fingerprint density at radius 1 is 1.29 bits per heavy atom. The van der Waals surface area contributed by atoms with Gasteiger partial charge in [-0.2, -0.15) is 0 Å². The van der Waals surface area contributed by atoms with E-state index in [0.29, 0.717) is 6.04 Å². The highest BCUT2D eigenvalue weighted by Gasteiger charge is 2.03. The highest BCUT2D eigenvalue weighted by atomic mass is 16.5. The topological polar surface area (TPSA) is 24.5 Å². The van der Waals surface area contributed by atoms with Crippen molar-refractivity contribution in [2.75, 3.05) is 27.2 Å². The summed E-state index contributed by atoms with van der Waals surface area (Å²) in [6.07, 6.45) is 0. The Labute approximate surface area is 105 Å². The molecule has 0 heterocycles. The molecule has 3 heteroatoms. The minimum Gasteiger partial charge on any atom is -0.496 e. The van der Waals surface area contributed by atoms with Gasteiger partial charge in [0.05, 0.1) is 7.11 Å². The van der Waals surface area contributed by atoms with E-state index in [1.807, 2.05) is 18.2 Å². The summed E-state index contributed by atoms with van der Waals surface area (Å²) in [5.74, 6) is 0.956. The summed E-state index contributed by atoms with van der Waals surface area (Å²) in [5.41, 5.74) is 1.21. The first-order valence-corrected chi connectivity index (χ1v) is 6.18.